The van der Waals surface area contributed by atoms with Crippen molar-refractivity contribution in [2.24, 2.45) is 0 Å². The Labute approximate surface area is 87.7 Å². The van der Waals surface area contributed by atoms with Crippen molar-refractivity contribution in [1.82, 2.24) is 0 Å². The molecule has 0 radical (unpaired) electrons. The van der Waals surface area contributed by atoms with E-state index < -0.39 is 4.92 Å². The van der Waals surface area contributed by atoms with Gasteiger partial charge in [0.2, 0.25) is 0 Å². The van der Waals surface area contributed by atoms with Crippen LogP contribution in [0.5, 0.6) is 0 Å². The molecule has 5 heteroatoms. The molecule has 0 N–H and O–H groups in total. The second-order valence-corrected chi connectivity index (χ2v) is 2.88. The van der Waals surface area contributed by atoms with E-state index in [9.17, 15) is 10.1 Å². The lowest BCUT2D eigenvalue weighted by Crippen LogP contribution is -1.85. The number of unbranched alkanes of at least 4 members (excludes halogenated alkanes) is 1. The topological polar surface area (TPSA) is 61.6 Å². The van der Waals surface area contributed by atoms with Gasteiger partial charge in [-0.15, -0.1) is 0 Å². The van der Waals surface area contributed by atoms with Gasteiger partial charge in [0.25, 0.3) is 11.8 Å². The molecule has 0 heterocycles. The third kappa shape index (κ3) is 3.65. The molecule has 0 bridgehead atoms. The Morgan fingerprint density at radius 1 is 1.47 bits per heavy atom. The number of nitrogens with zero attached hydrogens (tertiary/aromatic N) is 3. The Kier molecular flexibility index (Phi) is 4.10. The molecule has 0 fully saturated rings. The fourth-order valence-corrected chi connectivity index (χ4v) is 0.896. The fraction of sp³-hybridized carbons (Fsp3) is 0.300. The zero-order chi connectivity index (χ0) is 11.1. The summed E-state index contributed by atoms with van der Waals surface area (Å²) in [7, 11) is 0. The van der Waals surface area contributed by atoms with Crippen LogP contribution in [-0.2, 0) is 0 Å². The van der Waals surface area contributed by atoms with E-state index in [1.807, 2.05) is 6.92 Å². The predicted octanol–water partition coefficient (Wildman–Crippen LogP) is 3.65. The molecule has 0 atom stereocenters. The molecule has 0 aliphatic rings. The number of benzene rings is 1. The molecule has 0 saturated heterocycles. The first-order valence-corrected chi connectivity index (χ1v) is 4.62. The van der Waals surface area contributed by atoms with E-state index in [4.69, 9.17) is 0 Å². The van der Waals surface area contributed by atoms with Crippen LogP contribution in [0.2, 0.25) is 0 Å². The Morgan fingerprint density at radius 3 is 2.67 bits per heavy atom. The highest BCUT2D eigenvalue weighted by Gasteiger charge is 2.01. The minimum absolute atomic E-state index is 0.0514. The summed E-state index contributed by atoms with van der Waals surface area (Å²) >= 11 is 0. The molecular formula is C10H11N3O2. The molecule has 1 aromatic carbocycles. The van der Waals surface area contributed by atoms with Crippen LogP contribution >= 0.6 is 0 Å². The van der Waals surface area contributed by atoms with Gasteiger partial charge in [-0.2, -0.15) is 0 Å². The average Bonchev–Trinajstić information content (AvgIpc) is 2.25. The standard InChI is InChI=1S/C10H11N3O2/c1-2-3-8-11-12-9-4-6-10(7-5-9)13(14)15/h4-7H,2-3H2,1H3. The highest BCUT2D eigenvalue weighted by Crippen LogP contribution is 2.21. The van der Waals surface area contributed by atoms with Gasteiger partial charge in [-0.05, 0) is 6.42 Å². The largest absolute Gasteiger partial charge is 0.278 e. The van der Waals surface area contributed by atoms with Gasteiger partial charge in [0.1, 0.15) is 0 Å². The Balaban J connectivity index is 2.58. The summed E-state index contributed by atoms with van der Waals surface area (Å²) in [6, 6.07) is 8.64. The van der Waals surface area contributed by atoms with E-state index >= 15 is 0 Å². The van der Waals surface area contributed by atoms with Crippen LogP contribution in [0, 0.1) is 16.2 Å². The molecule has 1 aromatic rings. The van der Waals surface area contributed by atoms with Crippen molar-refractivity contribution in [3.8, 4) is 6.07 Å². The fourth-order valence-electron chi connectivity index (χ4n) is 0.896. The molecule has 15 heavy (non-hydrogen) atoms. The van der Waals surface area contributed by atoms with Crippen molar-refractivity contribution in [2.75, 3.05) is 0 Å². The molecule has 5 nitrogen and oxygen atoms in total. The van der Waals surface area contributed by atoms with E-state index in [-0.39, 0.29) is 5.69 Å². The van der Waals surface area contributed by atoms with Gasteiger partial charge in [0.05, 0.1) is 11.3 Å². The maximum Gasteiger partial charge on any atom is 0.271 e. The minimum atomic E-state index is -0.448. The zero-order valence-electron chi connectivity index (χ0n) is 8.38. The van der Waals surface area contributed by atoms with Gasteiger partial charge in [-0.25, -0.2) is 0 Å². The number of non-ortho nitro benzene ring substituents is 1. The second-order valence-electron chi connectivity index (χ2n) is 2.88. The van der Waals surface area contributed by atoms with E-state index in [2.05, 4.69) is 16.4 Å². The molecule has 0 amide bonds. The Morgan fingerprint density at radius 2 is 2.13 bits per heavy atom. The van der Waals surface area contributed by atoms with E-state index in [1.54, 1.807) is 12.1 Å². The van der Waals surface area contributed by atoms with Gasteiger partial charge in [-0.3, -0.25) is 15.5 Å². The predicted molar refractivity (Wildman–Crippen MR) is 58.3 cm³/mol. The molecule has 0 aliphatic carbocycles. The van der Waals surface area contributed by atoms with Gasteiger partial charge < -0.3 is 0 Å². The molecular weight excluding hydrogens is 194 g/mol. The first-order valence-electron chi connectivity index (χ1n) is 4.62. The van der Waals surface area contributed by atoms with Gasteiger partial charge in [0.15, 0.2) is 0 Å². The van der Waals surface area contributed by atoms with Crippen LogP contribution in [0.25, 0.3) is 10.4 Å². The molecule has 0 saturated carbocycles. The van der Waals surface area contributed by atoms with Crippen LogP contribution in [0.1, 0.15) is 19.8 Å². The number of rotatable bonds is 3. The Bertz CT molecular complexity index is 389. The van der Waals surface area contributed by atoms with Crippen LogP contribution in [0.4, 0.5) is 11.4 Å². The van der Waals surface area contributed by atoms with Crippen molar-refractivity contribution in [1.29, 1.82) is 0 Å². The summed E-state index contributed by atoms with van der Waals surface area (Å²) < 4.78 is 0. The van der Waals surface area contributed by atoms with E-state index in [1.165, 1.54) is 12.1 Å². The van der Waals surface area contributed by atoms with Gasteiger partial charge in [-0.1, -0.05) is 29.7 Å². The average molecular weight is 205 g/mol. The summed E-state index contributed by atoms with van der Waals surface area (Å²) in [5.74, 6) is 0. The van der Waals surface area contributed by atoms with Crippen molar-refractivity contribution in [3.05, 3.63) is 44.8 Å². The normalized spacial score (nSPS) is 8.87. The number of hydrogen-bond donors (Lipinski definition) is 0. The Hall–Kier alpha value is -2.09. The lowest BCUT2D eigenvalue weighted by Gasteiger charge is -1.99. The van der Waals surface area contributed by atoms with Crippen molar-refractivity contribution in [2.45, 2.75) is 19.8 Å². The lowest BCUT2D eigenvalue weighted by atomic mass is 10.3. The zero-order valence-corrected chi connectivity index (χ0v) is 8.38. The summed E-state index contributed by atoms with van der Waals surface area (Å²) in [6.45, 7) is 2.02. The molecule has 78 valence electrons. The number of nitro benzene ring substituents is 1. The molecule has 1 rings (SSSR count). The quantitative estimate of drug-likeness (QED) is 0.558. The van der Waals surface area contributed by atoms with Crippen LogP contribution in [0.3, 0.4) is 0 Å². The first-order chi connectivity index (χ1) is 7.24. The third-order valence-electron chi connectivity index (χ3n) is 1.66. The number of hydrogen-bond acceptors (Lipinski definition) is 2. The highest BCUT2D eigenvalue weighted by molar-refractivity contribution is 5.53. The number of nitro groups is 1. The monoisotopic (exact) mass is 205 g/mol. The minimum Gasteiger partial charge on any atom is -0.278 e. The summed E-state index contributed by atoms with van der Waals surface area (Å²) in [6.07, 6.45) is 1.73. The summed E-state index contributed by atoms with van der Waals surface area (Å²) in [5.41, 5.74) is 4.47. The maximum atomic E-state index is 10.4. The lowest BCUT2D eigenvalue weighted by molar-refractivity contribution is -0.384. The smallest absolute Gasteiger partial charge is 0.271 e. The SMILES string of the molecule is CCCC#[N+][N-]c1ccc([N+](=O)[O-])cc1. The third-order valence-corrected chi connectivity index (χ3v) is 1.66. The molecule has 0 spiro atoms. The van der Waals surface area contributed by atoms with Crippen molar-refractivity contribution in [3.63, 3.8) is 0 Å². The summed E-state index contributed by atoms with van der Waals surface area (Å²) in [5, 5.41) is 10.4. The molecule has 0 aromatic heterocycles. The van der Waals surface area contributed by atoms with E-state index in [0.29, 0.717) is 5.69 Å². The summed E-state index contributed by atoms with van der Waals surface area (Å²) in [4.78, 5) is 13.6. The van der Waals surface area contributed by atoms with Gasteiger partial charge >= 0.3 is 0 Å². The van der Waals surface area contributed by atoms with Gasteiger partial charge in [0, 0.05) is 12.1 Å². The molecule has 0 unspecified atom stereocenters. The maximum absolute atomic E-state index is 10.4. The van der Waals surface area contributed by atoms with Crippen LogP contribution in [-0.4, -0.2) is 4.92 Å². The van der Waals surface area contributed by atoms with Crippen LogP contribution < -0.4 is 0 Å². The van der Waals surface area contributed by atoms with Crippen molar-refractivity contribution >= 4 is 11.4 Å². The molecule has 0 aliphatic heterocycles. The highest BCUT2D eigenvalue weighted by atomic mass is 16.6. The first kappa shape index (κ1) is 11.0. The van der Waals surface area contributed by atoms with E-state index in [0.717, 1.165) is 12.8 Å². The van der Waals surface area contributed by atoms with Crippen LogP contribution in [0.15, 0.2) is 24.3 Å². The second kappa shape index (κ2) is 5.60. The van der Waals surface area contributed by atoms with Crippen molar-refractivity contribution < 1.29 is 4.92 Å².